The highest BCUT2D eigenvalue weighted by Gasteiger charge is 2.22. The van der Waals surface area contributed by atoms with Crippen molar-refractivity contribution in [2.24, 2.45) is 0 Å². The lowest BCUT2D eigenvalue weighted by atomic mass is 9.98. The molecule has 0 aliphatic carbocycles. The van der Waals surface area contributed by atoms with E-state index >= 15 is 0 Å². The number of hydrogen-bond acceptors (Lipinski definition) is 3. The number of nitrogens with one attached hydrogen (secondary N) is 1. The molecule has 17 heavy (non-hydrogen) atoms. The second-order valence-corrected chi connectivity index (χ2v) is 4.53. The van der Waals surface area contributed by atoms with Crippen LogP contribution in [-0.2, 0) is 6.54 Å². The van der Waals surface area contributed by atoms with Crippen LogP contribution in [0, 0.1) is 0 Å². The number of hydrogen-bond donors (Lipinski definition) is 2. The normalized spacial score (nSPS) is 20.1. The Kier molecular flexibility index (Phi) is 4.54. The van der Waals surface area contributed by atoms with E-state index in [4.69, 9.17) is 5.11 Å². The standard InChI is InChI=1S/C14H22N2O/c1-2-16(9-10-17)14-7-8-15-11-12-5-3-4-6-13(12)14/h3-6,14-15,17H,2,7-11H2,1H3. The number of aliphatic hydroxyl groups is 1. The molecule has 0 bridgehead atoms. The Morgan fingerprint density at radius 2 is 2.24 bits per heavy atom. The molecule has 3 heteroatoms. The lowest BCUT2D eigenvalue weighted by molar-refractivity contribution is 0.152. The number of rotatable bonds is 4. The first-order chi connectivity index (χ1) is 8.36. The summed E-state index contributed by atoms with van der Waals surface area (Å²) in [6, 6.07) is 9.09. The van der Waals surface area contributed by atoms with Crippen molar-refractivity contribution in [1.29, 1.82) is 0 Å². The van der Waals surface area contributed by atoms with E-state index < -0.39 is 0 Å². The minimum absolute atomic E-state index is 0.236. The summed E-state index contributed by atoms with van der Waals surface area (Å²) >= 11 is 0. The fraction of sp³-hybridized carbons (Fsp3) is 0.571. The predicted octanol–water partition coefficient (Wildman–Crippen LogP) is 1.54. The van der Waals surface area contributed by atoms with Crippen molar-refractivity contribution in [3.05, 3.63) is 35.4 Å². The molecular weight excluding hydrogens is 212 g/mol. The molecule has 0 amide bonds. The molecule has 3 nitrogen and oxygen atoms in total. The van der Waals surface area contributed by atoms with Crippen LogP contribution in [0.2, 0.25) is 0 Å². The van der Waals surface area contributed by atoms with E-state index in [1.165, 1.54) is 11.1 Å². The Morgan fingerprint density at radius 1 is 1.41 bits per heavy atom. The highest BCUT2D eigenvalue weighted by molar-refractivity contribution is 5.31. The van der Waals surface area contributed by atoms with E-state index in [0.717, 1.165) is 32.6 Å². The van der Waals surface area contributed by atoms with E-state index in [9.17, 15) is 0 Å². The van der Waals surface area contributed by atoms with Gasteiger partial charge in [0.2, 0.25) is 0 Å². The molecule has 0 aromatic heterocycles. The molecule has 2 rings (SSSR count). The van der Waals surface area contributed by atoms with Crippen molar-refractivity contribution < 1.29 is 5.11 Å². The summed E-state index contributed by atoms with van der Waals surface area (Å²) in [5.74, 6) is 0. The number of fused-ring (bicyclic) bond motifs is 1. The van der Waals surface area contributed by atoms with Crippen molar-refractivity contribution in [2.45, 2.75) is 25.9 Å². The maximum Gasteiger partial charge on any atom is 0.0558 e. The van der Waals surface area contributed by atoms with Gasteiger partial charge in [-0.2, -0.15) is 0 Å². The monoisotopic (exact) mass is 234 g/mol. The molecule has 1 heterocycles. The predicted molar refractivity (Wildman–Crippen MR) is 69.8 cm³/mol. The van der Waals surface area contributed by atoms with E-state index in [0.29, 0.717) is 6.04 Å². The van der Waals surface area contributed by atoms with Crippen LogP contribution in [0.4, 0.5) is 0 Å². The molecule has 94 valence electrons. The number of benzene rings is 1. The summed E-state index contributed by atoms with van der Waals surface area (Å²) in [6.07, 6.45) is 1.12. The van der Waals surface area contributed by atoms with Crippen molar-refractivity contribution in [2.75, 3.05) is 26.2 Å². The minimum atomic E-state index is 0.236. The van der Waals surface area contributed by atoms with E-state index in [1.807, 2.05) is 0 Å². The summed E-state index contributed by atoms with van der Waals surface area (Å²) in [7, 11) is 0. The maximum atomic E-state index is 9.16. The molecule has 0 fully saturated rings. The molecule has 1 atom stereocenters. The van der Waals surface area contributed by atoms with Gasteiger partial charge in [-0.25, -0.2) is 0 Å². The van der Waals surface area contributed by atoms with E-state index in [2.05, 4.69) is 41.4 Å². The van der Waals surface area contributed by atoms with Gasteiger partial charge in [0.1, 0.15) is 0 Å². The molecule has 0 saturated heterocycles. The quantitative estimate of drug-likeness (QED) is 0.829. The van der Waals surface area contributed by atoms with Crippen LogP contribution in [-0.4, -0.2) is 36.2 Å². The van der Waals surface area contributed by atoms with Gasteiger partial charge < -0.3 is 10.4 Å². The first kappa shape index (κ1) is 12.6. The van der Waals surface area contributed by atoms with Gasteiger partial charge in [0.25, 0.3) is 0 Å². The van der Waals surface area contributed by atoms with Gasteiger partial charge in [0.05, 0.1) is 6.61 Å². The van der Waals surface area contributed by atoms with E-state index in [1.54, 1.807) is 0 Å². The van der Waals surface area contributed by atoms with Crippen LogP contribution in [0.15, 0.2) is 24.3 Å². The maximum absolute atomic E-state index is 9.16. The molecule has 1 aromatic rings. The van der Waals surface area contributed by atoms with Gasteiger partial charge in [-0.1, -0.05) is 31.2 Å². The van der Waals surface area contributed by atoms with Gasteiger partial charge in [-0.3, -0.25) is 4.90 Å². The van der Waals surface area contributed by atoms with Crippen molar-refractivity contribution >= 4 is 0 Å². The molecule has 1 aliphatic heterocycles. The summed E-state index contributed by atoms with van der Waals surface area (Å²) in [5.41, 5.74) is 2.82. The lowest BCUT2D eigenvalue weighted by Crippen LogP contribution is -2.32. The Labute approximate surface area is 103 Å². The zero-order chi connectivity index (χ0) is 12.1. The Bertz CT molecular complexity index is 354. The number of nitrogens with zero attached hydrogens (tertiary/aromatic N) is 1. The van der Waals surface area contributed by atoms with Crippen molar-refractivity contribution in [3.8, 4) is 0 Å². The molecule has 1 aliphatic rings. The fourth-order valence-corrected chi connectivity index (χ4v) is 2.68. The third-order valence-electron chi connectivity index (χ3n) is 3.56. The SMILES string of the molecule is CCN(CCO)C1CCNCc2ccccc21. The topological polar surface area (TPSA) is 35.5 Å². The summed E-state index contributed by atoms with van der Waals surface area (Å²) in [5, 5.41) is 12.6. The summed E-state index contributed by atoms with van der Waals surface area (Å²) in [6.45, 7) is 6.15. The van der Waals surface area contributed by atoms with E-state index in [-0.39, 0.29) is 6.61 Å². The third-order valence-corrected chi connectivity index (χ3v) is 3.56. The number of aliphatic hydroxyl groups excluding tert-OH is 1. The Morgan fingerprint density at radius 3 is 3.00 bits per heavy atom. The first-order valence-electron chi connectivity index (χ1n) is 6.50. The van der Waals surface area contributed by atoms with Gasteiger partial charge in [-0.05, 0) is 30.6 Å². The molecule has 0 radical (unpaired) electrons. The largest absolute Gasteiger partial charge is 0.395 e. The lowest BCUT2D eigenvalue weighted by Gasteiger charge is -2.30. The van der Waals surface area contributed by atoms with Crippen molar-refractivity contribution in [1.82, 2.24) is 10.2 Å². The highest BCUT2D eigenvalue weighted by atomic mass is 16.3. The van der Waals surface area contributed by atoms with Crippen LogP contribution in [0.5, 0.6) is 0 Å². The van der Waals surface area contributed by atoms with Gasteiger partial charge >= 0.3 is 0 Å². The molecule has 2 N–H and O–H groups in total. The van der Waals surface area contributed by atoms with Crippen LogP contribution < -0.4 is 5.32 Å². The molecule has 1 aromatic carbocycles. The molecule has 0 saturated carbocycles. The van der Waals surface area contributed by atoms with Gasteiger partial charge in [0, 0.05) is 19.1 Å². The molecular formula is C14H22N2O. The minimum Gasteiger partial charge on any atom is -0.395 e. The fourth-order valence-electron chi connectivity index (χ4n) is 2.68. The average molecular weight is 234 g/mol. The Balaban J connectivity index is 2.26. The number of likely N-dealkylation sites (N-methyl/N-ethyl adjacent to an activating group) is 1. The van der Waals surface area contributed by atoms with Gasteiger partial charge in [0.15, 0.2) is 0 Å². The summed E-state index contributed by atoms with van der Waals surface area (Å²) < 4.78 is 0. The van der Waals surface area contributed by atoms with Crippen LogP contribution >= 0.6 is 0 Å². The van der Waals surface area contributed by atoms with Gasteiger partial charge in [-0.15, -0.1) is 0 Å². The van der Waals surface area contributed by atoms with Crippen molar-refractivity contribution in [3.63, 3.8) is 0 Å². The third kappa shape index (κ3) is 2.86. The van der Waals surface area contributed by atoms with Crippen LogP contribution in [0.1, 0.15) is 30.5 Å². The van der Waals surface area contributed by atoms with Crippen LogP contribution in [0.25, 0.3) is 0 Å². The molecule has 0 spiro atoms. The zero-order valence-corrected chi connectivity index (χ0v) is 10.5. The second kappa shape index (κ2) is 6.15. The Hall–Kier alpha value is -0.900. The molecule has 1 unspecified atom stereocenters. The smallest absolute Gasteiger partial charge is 0.0558 e. The zero-order valence-electron chi connectivity index (χ0n) is 10.5. The van der Waals surface area contributed by atoms with Crippen LogP contribution in [0.3, 0.4) is 0 Å². The summed E-state index contributed by atoms with van der Waals surface area (Å²) in [4.78, 5) is 2.37. The highest BCUT2D eigenvalue weighted by Crippen LogP contribution is 2.28. The first-order valence-corrected chi connectivity index (χ1v) is 6.50. The second-order valence-electron chi connectivity index (χ2n) is 4.53. The average Bonchev–Trinajstić information content (AvgIpc) is 2.58.